The molecule has 8 heteroatoms. The van der Waals surface area contributed by atoms with Crippen LogP contribution in [0.15, 0.2) is 94.8 Å². The van der Waals surface area contributed by atoms with Crippen LogP contribution in [-0.4, -0.2) is 13.0 Å². The molecular formula is C29H23ClN4O2S. The fourth-order valence-electron chi connectivity index (χ4n) is 4.17. The summed E-state index contributed by atoms with van der Waals surface area (Å²) < 4.78 is 5.39. The molecule has 184 valence electrons. The van der Waals surface area contributed by atoms with Gasteiger partial charge < -0.3 is 15.4 Å². The molecule has 37 heavy (non-hydrogen) atoms. The van der Waals surface area contributed by atoms with E-state index in [1.165, 1.54) is 18.9 Å². The van der Waals surface area contributed by atoms with Crippen LogP contribution < -0.4 is 15.4 Å². The lowest BCUT2D eigenvalue weighted by molar-refractivity contribution is -0.113. The molecule has 1 heterocycles. The van der Waals surface area contributed by atoms with Crippen molar-refractivity contribution in [3.63, 3.8) is 0 Å². The summed E-state index contributed by atoms with van der Waals surface area (Å²) in [6.07, 6.45) is 0. The number of nitrogens with zero attached hydrogens (tertiary/aromatic N) is 2. The number of carbonyl (C=O) groups is 1. The van der Waals surface area contributed by atoms with Crippen molar-refractivity contribution in [3.05, 3.63) is 128 Å². The van der Waals surface area contributed by atoms with Crippen LogP contribution in [0.25, 0.3) is 4.85 Å². The number of rotatable bonds is 7. The summed E-state index contributed by atoms with van der Waals surface area (Å²) in [7, 11) is 1.54. The molecule has 1 atom stereocenters. The second-order valence-corrected chi connectivity index (χ2v) is 9.55. The van der Waals surface area contributed by atoms with Gasteiger partial charge in [0.15, 0.2) is 0 Å². The molecule has 0 aromatic heterocycles. The fraction of sp³-hybridized carbons (Fsp3) is 0.138. The minimum absolute atomic E-state index is 0.362. The Kier molecular flexibility index (Phi) is 8.20. The highest BCUT2D eigenvalue weighted by molar-refractivity contribution is 8.02. The van der Waals surface area contributed by atoms with Crippen LogP contribution in [0.5, 0.6) is 5.75 Å². The Morgan fingerprint density at radius 3 is 2.59 bits per heavy atom. The highest BCUT2D eigenvalue weighted by atomic mass is 35.5. The summed E-state index contributed by atoms with van der Waals surface area (Å²) in [5, 5.41) is 16.8. The number of hydrogen-bond acceptors (Lipinski definition) is 5. The third-order valence-corrected chi connectivity index (χ3v) is 7.35. The van der Waals surface area contributed by atoms with E-state index in [1.54, 1.807) is 24.3 Å². The van der Waals surface area contributed by atoms with Gasteiger partial charge in [0.1, 0.15) is 5.75 Å². The highest BCUT2D eigenvalue weighted by Crippen LogP contribution is 2.44. The molecule has 0 aliphatic carbocycles. The van der Waals surface area contributed by atoms with Gasteiger partial charge in [0.25, 0.3) is 5.91 Å². The summed E-state index contributed by atoms with van der Waals surface area (Å²) in [4.78, 5) is 17.6. The summed E-state index contributed by atoms with van der Waals surface area (Å²) >= 11 is 8.02. The topological polar surface area (TPSA) is 78.5 Å². The zero-order chi connectivity index (χ0) is 26.4. The lowest BCUT2D eigenvalue weighted by atomic mass is 9.85. The summed E-state index contributed by atoms with van der Waals surface area (Å²) in [5.41, 5.74) is 4.01. The predicted molar refractivity (Wildman–Crippen MR) is 148 cm³/mol. The van der Waals surface area contributed by atoms with Crippen molar-refractivity contribution in [2.75, 3.05) is 12.4 Å². The van der Waals surface area contributed by atoms with E-state index in [1.807, 2.05) is 55.5 Å². The van der Waals surface area contributed by atoms with E-state index in [0.717, 1.165) is 5.56 Å². The number of dihydropyridines is 1. The van der Waals surface area contributed by atoms with Gasteiger partial charge in [-0.05, 0) is 42.3 Å². The monoisotopic (exact) mass is 526 g/mol. The van der Waals surface area contributed by atoms with E-state index < -0.39 is 5.92 Å². The zero-order valence-corrected chi connectivity index (χ0v) is 21.8. The first-order valence-electron chi connectivity index (χ1n) is 11.4. The number of anilines is 1. The molecular weight excluding hydrogens is 504 g/mol. The zero-order valence-electron chi connectivity index (χ0n) is 20.2. The Balaban J connectivity index is 1.76. The fourth-order valence-corrected chi connectivity index (χ4v) is 5.50. The van der Waals surface area contributed by atoms with Crippen LogP contribution >= 0.6 is 23.4 Å². The van der Waals surface area contributed by atoms with Gasteiger partial charge in [-0.3, -0.25) is 4.79 Å². The standard InChI is InChI=1S/C29H23ClN4O2S/c1-18-25(28(35)34-23-14-8-9-15-24(23)36-3)26(21-12-6-7-13-22(21)30)27(32-2)29(33-18)37-17-20-11-5-4-10-19(20)16-31/h4-15,26,33H,17H2,1,3H3,(H,34,35). The second kappa shape index (κ2) is 11.7. The van der Waals surface area contributed by atoms with Crippen molar-refractivity contribution >= 4 is 35.0 Å². The first-order chi connectivity index (χ1) is 18.0. The third-order valence-electron chi connectivity index (χ3n) is 5.95. The first-order valence-corrected chi connectivity index (χ1v) is 12.7. The number of para-hydroxylation sites is 2. The van der Waals surface area contributed by atoms with Gasteiger partial charge in [0.05, 0.1) is 41.9 Å². The number of thioether (sulfide) groups is 1. The van der Waals surface area contributed by atoms with E-state index in [0.29, 0.717) is 55.3 Å². The maximum atomic E-state index is 13.7. The van der Waals surface area contributed by atoms with Crippen LogP contribution in [0.2, 0.25) is 5.02 Å². The lowest BCUT2D eigenvalue weighted by Crippen LogP contribution is -2.30. The number of benzene rings is 3. The number of hydrogen-bond donors (Lipinski definition) is 2. The van der Waals surface area contributed by atoms with Crippen molar-refractivity contribution in [1.29, 1.82) is 5.26 Å². The van der Waals surface area contributed by atoms with Crippen LogP contribution in [0, 0.1) is 17.9 Å². The Hall–Kier alpha value is -4.17. The second-order valence-electron chi connectivity index (χ2n) is 8.16. The molecule has 4 rings (SSSR count). The number of nitrogens with one attached hydrogen (secondary N) is 2. The average Bonchev–Trinajstić information content (AvgIpc) is 2.92. The Morgan fingerprint density at radius 1 is 1.16 bits per heavy atom. The summed E-state index contributed by atoms with van der Waals surface area (Å²) in [6.45, 7) is 9.88. The highest BCUT2D eigenvalue weighted by Gasteiger charge is 2.36. The van der Waals surface area contributed by atoms with Crippen molar-refractivity contribution in [1.82, 2.24) is 5.32 Å². The van der Waals surface area contributed by atoms with Crippen molar-refractivity contribution < 1.29 is 9.53 Å². The van der Waals surface area contributed by atoms with Crippen LogP contribution in [-0.2, 0) is 10.5 Å². The third kappa shape index (κ3) is 5.49. The smallest absolute Gasteiger partial charge is 0.253 e. The molecule has 0 radical (unpaired) electrons. The normalized spacial score (nSPS) is 14.9. The van der Waals surface area contributed by atoms with E-state index in [-0.39, 0.29) is 5.91 Å². The maximum Gasteiger partial charge on any atom is 0.253 e. The molecule has 0 spiro atoms. The van der Waals surface area contributed by atoms with Crippen molar-refractivity contribution in [2.45, 2.75) is 18.6 Å². The molecule has 0 saturated carbocycles. The van der Waals surface area contributed by atoms with Gasteiger partial charge in [0, 0.05) is 22.0 Å². The number of allylic oxidation sites excluding steroid dienone is 2. The number of halogens is 1. The Bertz CT molecular complexity index is 1500. The van der Waals surface area contributed by atoms with Crippen molar-refractivity contribution in [3.8, 4) is 11.8 Å². The number of ether oxygens (including phenoxy) is 1. The van der Waals surface area contributed by atoms with Gasteiger partial charge in [-0.2, -0.15) is 5.26 Å². The van der Waals surface area contributed by atoms with Crippen molar-refractivity contribution in [2.24, 2.45) is 0 Å². The van der Waals surface area contributed by atoms with Crippen LogP contribution in [0.1, 0.15) is 29.5 Å². The van der Waals surface area contributed by atoms with Gasteiger partial charge >= 0.3 is 0 Å². The van der Waals surface area contributed by atoms with E-state index in [4.69, 9.17) is 22.9 Å². The molecule has 0 saturated heterocycles. The van der Waals surface area contributed by atoms with E-state index >= 15 is 0 Å². The number of methoxy groups -OCH3 is 1. The van der Waals surface area contributed by atoms with Crippen LogP contribution in [0.4, 0.5) is 5.69 Å². The first kappa shape index (κ1) is 25.9. The van der Waals surface area contributed by atoms with Gasteiger partial charge in [-0.25, -0.2) is 4.85 Å². The predicted octanol–water partition coefficient (Wildman–Crippen LogP) is 6.84. The molecule has 3 aromatic carbocycles. The number of amides is 1. The Morgan fingerprint density at radius 2 is 1.86 bits per heavy atom. The molecule has 6 nitrogen and oxygen atoms in total. The summed E-state index contributed by atoms with van der Waals surface area (Å²) in [5.74, 6) is -0.0353. The molecule has 0 fully saturated rings. The SMILES string of the molecule is [C-]#[N+]C1=C(SCc2ccccc2C#N)NC(C)=C(C(=O)Nc2ccccc2OC)C1c1ccccc1Cl. The van der Waals surface area contributed by atoms with Gasteiger partial charge in [0.2, 0.25) is 5.70 Å². The van der Waals surface area contributed by atoms with E-state index in [9.17, 15) is 10.1 Å². The molecule has 1 aliphatic rings. The summed E-state index contributed by atoms with van der Waals surface area (Å²) in [6, 6.07) is 24.0. The quantitative estimate of drug-likeness (QED) is 0.329. The van der Waals surface area contributed by atoms with Crippen LogP contribution in [0.3, 0.4) is 0 Å². The van der Waals surface area contributed by atoms with Gasteiger partial charge in [-0.15, -0.1) is 11.8 Å². The molecule has 1 amide bonds. The maximum absolute atomic E-state index is 13.7. The molecule has 0 bridgehead atoms. The number of carbonyl (C=O) groups excluding carboxylic acids is 1. The average molecular weight is 527 g/mol. The van der Waals surface area contributed by atoms with Gasteiger partial charge in [-0.1, -0.05) is 60.1 Å². The van der Waals surface area contributed by atoms with E-state index in [2.05, 4.69) is 21.5 Å². The minimum Gasteiger partial charge on any atom is -0.495 e. The molecule has 1 aliphatic heterocycles. The molecule has 1 unspecified atom stereocenters. The lowest BCUT2D eigenvalue weighted by Gasteiger charge is -2.30. The largest absolute Gasteiger partial charge is 0.495 e. The Labute approximate surface area is 225 Å². The molecule has 3 aromatic rings. The molecule has 2 N–H and O–H groups in total. The minimum atomic E-state index is -0.684. The number of nitriles is 1.